The van der Waals surface area contributed by atoms with Crippen LogP contribution in [0.15, 0.2) is 30.3 Å². The Labute approximate surface area is 101 Å². The molecule has 4 heteroatoms. The zero-order valence-corrected chi connectivity index (χ0v) is 9.66. The van der Waals surface area contributed by atoms with Crippen LogP contribution in [0.4, 0.5) is 0 Å². The summed E-state index contributed by atoms with van der Waals surface area (Å²) >= 11 is 0. The normalized spacial score (nSPS) is 18.6. The lowest BCUT2D eigenvalue weighted by Gasteiger charge is -2.41. The standard InChI is InChI=1S/C13H17NO3/c15-8-12-6-14(7-12)13(9-16)17-10-11-4-2-1-3-5-11/h1-5,9,12-13,15H,6-8,10H2/t13-/m0/s1. The van der Waals surface area contributed by atoms with E-state index in [0.717, 1.165) is 24.9 Å². The Morgan fingerprint density at radius 1 is 1.41 bits per heavy atom. The van der Waals surface area contributed by atoms with Gasteiger partial charge in [-0.05, 0) is 5.56 Å². The van der Waals surface area contributed by atoms with Crippen LogP contribution < -0.4 is 0 Å². The molecule has 1 heterocycles. The molecule has 1 aromatic carbocycles. The minimum Gasteiger partial charge on any atom is -0.396 e. The van der Waals surface area contributed by atoms with Gasteiger partial charge >= 0.3 is 0 Å². The molecule has 1 saturated heterocycles. The van der Waals surface area contributed by atoms with E-state index in [4.69, 9.17) is 9.84 Å². The smallest absolute Gasteiger partial charge is 0.167 e. The Bertz CT molecular complexity index is 349. The summed E-state index contributed by atoms with van der Waals surface area (Å²) in [5, 5.41) is 8.91. The van der Waals surface area contributed by atoms with Crippen molar-refractivity contribution in [3.05, 3.63) is 35.9 Å². The molecule has 0 aromatic heterocycles. The molecule has 1 aromatic rings. The van der Waals surface area contributed by atoms with Crippen LogP contribution in [0, 0.1) is 5.92 Å². The van der Waals surface area contributed by atoms with E-state index in [9.17, 15) is 4.79 Å². The van der Waals surface area contributed by atoms with Crippen molar-refractivity contribution in [2.45, 2.75) is 12.8 Å². The summed E-state index contributed by atoms with van der Waals surface area (Å²) in [6.07, 6.45) is 0.328. The fourth-order valence-electron chi connectivity index (χ4n) is 1.92. The van der Waals surface area contributed by atoms with Gasteiger partial charge < -0.3 is 9.84 Å². The number of carbonyl (C=O) groups excluding carboxylic acids is 1. The summed E-state index contributed by atoms with van der Waals surface area (Å²) in [6, 6.07) is 9.77. The monoisotopic (exact) mass is 235 g/mol. The maximum absolute atomic E-state index is 10.9. The Hall–Kier alpha value is -1.23. The molecule has 2 rings (SSSR count). The van der Waals surface area contributed by atoms with Crippen LogP contribution in [-0.4, -0.2) is 42.2 Å². The molecule has 17 heavy (non-hydrogen) atoms. The van der Waals surface area contributed by atoms with Gasteiger partial charge in [-0.15, -0.1) is 0 Å². The van der Waals surface area contributed by atoms with Gasteiger partial charge in [-0.25, -0.2) is 0 Å². The Morgan fingerprint density at radius 2 is 2.12 bits per heavy atom. The molecule has 1 fully saturated rings. The molecule has 1 aliphatic rings. The first-order chi connectivity index (χ1) is 8.33. The lowest BCUT2D eigenvalue weighted by molar-refractivity contribution is -0.146. The second kappa shape index (κ2) is 5.91. The van der Waals surface area contributed by atoms with Crippen LogP contribution in [0.25, 0.3) is 0 Å². The van der Waals surface area contributed by atoms with E-state index in [1.165, 1.54) is 0 Å². The van der Waals surface area contributed by atoms with E-state index >= 15 is 0 Å². The van der Waals surface area contributed by atoms with Gasteiger partial charge in [0.2, 0.25) is 0 Å². The number of aliphatic hydroxyl groups excluding tert-OH is 1. The summed E-state index contributed by atoms with van der Waals surface area (Å²) in [4.78, 5) is 12.9. The number of aliphatic hydroxyl groups is 1. The van der Waals surface area contributed by atoms with Gasteiger partial charge in [0, 0.05) is 25.6 Å². The third-order valence-electron chi connectivity index (χ3n) is 2.98. The van der Waals surface area contributed by atoms with Gasteiger partial charge in [0.1, 0.15) is 0 Å². The number of aldehydes is 1. The number of nitrogens with zero attached hydrogens (tertiary/aromatic N) is 1. The Kier molecular flexibility index (Phi) is 4.25. The minimum atomic E-state index is -0.488. The van der Waals surface area contributed by atoms with E-state index in [1.54, 1.807) is 0 Å². The van der Waals surface area contributed by atoms with Crippen molar-refractivity contribution in [1.82, 2.24) is 4.90 Å². The van der Waals surface area contributed by atoms with Gasteiger partial charge in [0.25, 0.3) is 0 Å². The second-order valence-corrected chi connectivity index (χ2v) is 4.33. The van der Waals surface area contributed by atoms with Crippen molar-refractivity contribution in [3.63, 3.8) is 0 Å². The lowest BCUT2D eigenvalue weighted by Crippen LogP contribution is -2.54. The number of ether oxygens (including phenoxy) is 1. The first-order valence-corrected chi connectivity index (χ1v) is 5.79. The molecule has 0 unspecified atom stereocenters. The maximum atomic E-state index is 10.9. The van der Waals surface area contributed by atoms with Crippen molar-refractivity contribution in [3.8, 4) is 0 Å². The van der Waals surface area contributed by atoms with Crippen LogP contribution in [0.2, 0.25) is 0 Å². The van der Waals surface area contributed by atoms with E-state index in [2.05, 4.69) is 0 Å². The van der Waals surface area contributed by atoms with Crippen molar-refractivity contribution < 1.29 is 14.6 Å². The highest BCUT2D eigenvalue weighted by molar-refractivity contribution is 5.55. The van der Waals surface area contributed by atoms with Crippen LogP contribution >= 0.6 is 0 Å². The van der Waals surface area contributed by atoms with Gasteiger partial charge in [-0.1, -0.05) is 30.3 Å². The zero-order valence-electron chi connectivity index (χ0n) is 9.66. The lowest BCUT2D eigenvalue weighted by atomic mass is 10.0. The van der Waals surface area contributed by atoms with Crippen LogP contribution in [0.1, 0.15) is 5.56 Å². The summed E-state index contributed by atoms with van der Waals surface area (Å²) < 4.78 is 5.55. The zero-order chi connectivity index (χ0) is 12.1. The Morgan fingerprint density at radius 3 is 2.71 bits per heavy atom. The average Bonchev–Trinajstić information content (AvgIpc) is 2.33. The molecule has 92 valence electrons. The van der Waals surface area contributed by atoms with Gasteiger partial charge in [0.05, 0.1) is 6.61 Å². The molecular weight excluding hydrogens is 218 g/mol. The number of hydrogen-bond donors (Lipinski definition) is 1. The third kappa shape index (κ3) is 3.12. The van der Waals surface area contributed by atoms with Gasteiger partial charge in [-0.3, -0.25) is 9.69 Å². The van der Waals surface area contributed by atoms with Crippen molar-refractivity contribution in [2.24, 2.45) is 5.92 Å². The SMILES string of the molecule is O=C[C@H](OCc1ccccc1)N1CC(CO)C1. The van der Waals surface area contributed by atoms with Gasteiger partial charge in [0.15, 0.2) is 12.5 Å². The predicted molar refractivity (Wildman–Crippen MR) is 63.2 cm³/mol. The van der Waals surface area contributed by atoms with Crippen molar-refractivity contribution in [2.75, 3.05) is 19.7 Å². The number of carbonyl (C=O) groups is 1. The molecule has 1 aliphatic heterocycles. The molecule has 4 nitrogen and oxygen atoms in total. The fourth-order valence-corrected chi connectivity index (χ4v) is 1.92. The highest BCUT2D eigenvalue weighted by atomic mass is 16.5. The number of hydrogen-bond acceptors (Lipinski definition) is 4. The number of benzene rings is 1. The molecule has 0 amide bonds. The van der Waals surface area contributed by atoms with E-state index in [-0.39, 0.29) is 12.5 Å². The summed E-state index contributed by atoms with van der Waals surface area (Å²) in [7, 11) is 0. The topological polar surface area (TPSA) is 49.8 Å². The summed E-state index contributed by atoms with van der Waals surface area (Å²) in [5.74, 6) is 0.290. The molecule has 0 bridgehead atoms. The number of likely N-dealkylation sites (tertiary alicyclic amines) is 1. The first kappa shape index (κ1) is 12.2. The second-order valence-electron chi connectivity index (χ2n) is 4.33. The van der Waals surface area contributed by atoms with E-state index < -0.39 is 6.23 Å². The molecule has 1 N–H and O–H groups in total. The van der Waals surface area contributed by atoms with Crippen molar-refractivity contribution in [1.29, 1.82) is 0 Å². The highest BCUT2D eigenvalue weighted by Crippen LogP contribution is 2.18. The van der Waals surface area contributed by atoms with Crippen LogP contribution in [-0.2, 0) is 16.1 Å². The predicted octanol–water partition coefficient (Wildman–Crippen LogP) is 0.652. The highest BCUT2D eigenvalue weighted by Gasteiger charge is 2.32. The third-order valence-corrected chi connectivity index (χ3v) is 2.98. The average molecular weight is 235 g/mol. The van der Waals surface area contributed by atoms with E-state index in [1.807, 2.05) is 35.2 Å². The minimum absolute atomic E-state index is 0.181. The number of rotatable bonds is 6. The molecule has 0 aliphatic carbocycles. The van der Waals surface area contributed by atoms with Crippen LogP contribution in [0.5, 0.6) is 0 Å². The Balaban J connectivity index is 1.79. The molecule has 0 spiro atoms. The maximum Gasteiger partial charge on any atom is 0.167 e. The van der Waals surface area contributed by atoms with Crippen LogP contribution in [0.3, 0.4) is 0 Å². The molecule has 0 saturated carbocycles. The fraction of sp³-hybridized carbons (Fsp3) is 0.462. The molecule has 1 atom stereocenters. The quantitative estimate of drug-likeness (QED) is 0.736. The molecule has 0 radical (unpaired) electrons. The summed E-state index contributed by atoms with van der Waals surface area (Å²) in [6.45, 7) is 2.08. The van der Waals surface area contributed by atoms with E-state index in [0.29, 0.717) is 6.61 Å². The van der Waals surface area contributed by atoms with Gasteiger partial charge in [-0.2, -0.15) is 0 Å². The molecular formula is C13H17NO3. The summed E-state index contributed by atoms with van der Waals surface area (Å²) in [5.41, 5.74) is 1.05. The first-order valence-electron chi connectivity index (χ1n) is 5.79. The van der Waals surface area contributed by atoms with Crippen molar-refractivity contribution >= 4 is 6.29 Å². The largest absolute Gasteiger partial charge is 0.396 e.